The largest absolute Gasteiger partial charge is 0.483 e. The monoisotopic (exact) mass is 499 g/mol. The number of aromatic nitrogens is 2. The lowest BCUT2D eigenvalue weighted by Crippen LogP contribution is -2.43. The number of anilines is 2. The molecule has 3 aromatic rings. The van der Waals surface area contributed by atoms with Crippen molar-refractivity contribution >= 4 is 44.7 Å². The number of carbonyl (C=O) groups excluding carboxylic acids is 1. The minimum atomic E-state index is -3.89. The molecule has 2 N–H and O–H groups in total. The Hall–Kier alpha value is -3.44. The van der Waals surface area contributed by atoms with Gasteiger partial charge in [-0.15, -0.1) is 0 Å². The van der Waals surface area contributed by atoms with Crippen LogP contribution in [0.25, 0.3) is 10.9 Å². The molecule has 1 saturated heterocycles. The molecule has 1 fully saturated rings. The Bertz CT molecular complexity index is 1360. The van der Waals surface area contributed by atoms with Crippen molar-refractivity contribution < 1.29 is 23.1 Å². The average Bonchev–Trinajstić information content (AvgIpc) is 3.46. The van der Waals surface area contributed by atoms with E-state index in [1.807, 2.05) is 19.1 Å². The van der Waals surface area contributed by atoms with Gasteiger partial charge in [0.1, 0.15) is 0 Å². The fourth-order valence-corrected chi connectivity index (χ4v) is 6.02. The molecule has 3 heterocycles. The van der Waals surface area contributed by atoms with E-state index in [-0.39, 0.29) is 17.3 Å². The van der Waals surface area contributed by atoms with E-state index in [9.17, 15) is 13.2 Å². The third-order valence-corrected chi connectivity index (χ3v) is 7.96. The average molecular weight is 500 g/mol. The van der Waals surface area contributed by atoms with E-state index in [0.29, 0.717) is 24.9 Å². The number of amides is 1. The number of carboxylic acid groups (broad SMARTS) is 1. The lowest BCUT2D eigenvalue weighted by molar-refractivity contribution is -0.123. The summed E-state index contributed by atoms with van der Waals surface area (Å²) in [6.45, 7) is 7.40. The minimum Gasteiger partial charge on any atom is -0.483 e. The first-order valence-corrected chi connectivity index (χ1v) is 13.0. The Morgan fingerprint density at radius 3 is 2.51 bits per heavy atom. The van der Waals surface area contributed by atoms with E-state index in [1.54, 1.807) is 23.1 Å². The summed E-state index contributed by atoms with van der Waals surface area (Å²) in [5.41, 5.74) is 4.03. The molecule has 2 aliphatic rings. The highest BCUT2D eigenvalue weighted by Crippen LogP contribution is 2.33. The molecule has 0 radical (unpaired) electrons. The number of rotatable bonds is 4. The first kappa shape index (κ1) is 24.7. The number of carbonyl (C=O) groups is 2. The lowest BCUT2D eigenvalue weighted by Gasteiger charge is -2.29. The van der Waals surface area contributed by atoms with Crippen LogP contribution in [0.5, 0.6) is 0 Å². The zero-order chi connectivity index (χ0) is 25.2. The van der Waals surface area contributed by atoms with Crippen molar-refractivity contribution in [2.24, 2.45) is 0 Å². The third-order valence-electron chi connectivity index (χ3n) is 6.38. The molecular formula is C24H29N5O5S. The maximum absolute atomic E-state index is 13.7. The molecule has 2 aromatic carbocycles. The highest BCUT2D eigenvalue weighted by Gasteiger charge is 2.28. The Balaban J connectivity index is 0.000000917. The van der Waals surface area contributed by atoms with Gasteiger partial charge in [0, 0.05) is 56.4 Å². The highest BCUT2D eigenvalue weighted by molar-refractivity contribution is 7.90. The molecule has 1 aromatic heterocycles. The number of fused-ring (bicyclic) bond motifs is 2. The van der Waals surface area contributed by atoms with Crippen LogP contribution in [0.1, 0.15) is 25.1 Å². The SMILES string of the molecule is CCc1nn(S(=O)(=O)c2ccc3c(c2)CCN3C(C)=O)c2cc(N3CCNCC3)ccc12.O=CO. The van der Waals surface area contributed by atoms with Crippen LogP contribution in [0, 0.1) is 0 Å². The number of aryl methyl sites for hydroxylation is 1. The number of hydrogen-bond donors (Lipinski definition) is 2. The molecule has 5 rings (SSSR count). The summed E-state index contributed by atoms with van der Waals surface area (Å²) in [6.07, 6.45) is 1.29. The number of benzene rings is 2. The second-order valence-electron chi connectivity index (χ2n) is 8.40. The zero-order valence-corrected chi connectivity index (χ0v) is 20.6. The van der Waals surface area contributed by atoms with Crippen molar-refractivity contribution in [2.45, 2.75) is 31.6 Å². The lowest BCUT2D eigenvalue weighted by atomic mass is 10.1. The molecule has 0 bridgehead atoms. The highest BCUT2D eigenvalue weighted by atomic mass is 32.2. The van der Waals surface area contributed by atoms with Crippen LogP contribution in [0.4, 0.5) is 11.4 Å². The zero-order valence-electron chi connectivity index (χ0n) is 19.8. The molecule has 0 spiro atoms. The maximum Gasteiger partial charge on any atom is 0.290 e. The Labute approximate surface area is 204 Å². The summed E-state index contributed by atoms with van der Waals surface area (Å²) < 4.78 is 28.5. The molecule has 0 aliphatic carbocycles. The van der Waals surface area contributed by atoms with Crippen molar-refractivity contribution in [3.63, 3.8) is 0 Å². The predicted octanol–water partition coefficient (Wildman–Crippen LogP) is 1.86. The van der Waals surface area contributed by atoms with Crippen LogP contribution in [0.15, 0.2) is 41.3 Å². The Morgan fingerprint density at radius 1 is 1.14 bits per heavy atom. The predicted molar refractivity (Wildman–Crippen MR) is 134 cm³/mol. The van der Waals surface area contributed by atoms with Gasteiger partial charge in [-0.05, 0) is 54.8 Å². The van der Waals surface area contributed by atoms with Crippen molar-refractivity contribution in [3.8, 4) is 0 Å². The van der Waals surface area contributed by atoms with E-state index < -0.39 is 10.0 Å². The van der Waals surface area contributed by atoms with Crippen LogP contribution in [0.3, 0.4) is 0 Å². The molecule has 0 unspecified atom stereocenters. The quantitative estimate of drug-likeness (QED) is 0.521. The standard InChI is InChI=1S/C23H27N5O3S.CH2O2/c1-3-21-20-6-4-18(26-12-9-24-10-13-26)15-23(20)28(25-21)32(30,31)19-5-7-22-17(14-19)8-11-27(22)16(2)29;2-1-3/h4-7,14-15,24H,3,8-13H2,1-2H3;1H,(H,2,3). The molecule has 186 valence electrons. The van der Waals surface area contributed by atoms with Gasteiger partial charge in [0.05, 0.1) is 16.1 Å². The van der Waals surface area contributed by atoms with Crippen molar-refractivity contribution in [1.82, 2.24) is 14.5 Å². The molecule has 35 heavy (non-hydrogen) atoms. The normalized spacial score (nSPS) is 15.5. The van der Waals surface area contributed by atoms with Crippen LogP contribution in [-0.2, 0) is 32.5 Å². The van der Waals surface area contributed by atoms with Crippen LogP contribution in [0.2, 0.25) is 0 Å². The van der Waals surface area contributed by atoms with Gasteiger partial charge in [0.25, 0.3) is 16.5 Å². The first-order valence-electron chi connectivity index (χ1n) is 11.5. The summed E-state index contributed by atoms with van der Waals surface area (Å²) in [7, 11) is -3.89. The second-order valence-corrected chi connectivity index (χ2v) is 10.2. The van der Waals surface area contributed by atoms with Crippen LogP contribution < -0.4 is 15.1 Å². The molecule has 1 amide bonds. The van der Waals surface area contributed by atoms with E-state index in [2.05, 4.69) is 21.4 Å². The Morgan fingerprint density at radius 2 is 1.86 bits per heavy atom. The van der Waals surface area contributed by atoms with Gasteiger partial charge in [-0.2, -0.15) is 17.6 Å². The van der Waals surface area contributed by atoms with Gasteiger partial charge in [-0.25, -0.2) is 0 Å². The van der Waals surface area contributed by atoms with Gasteiger partial charge in [0.2, 0.25) is 5.91 Å². The summed E-state index contributed by atoms with van der Waals surface area (Å²) in [5.74, 6) is -0.0366. The topological polar surface area (TPSA) is 125 Å². The Kier molecular flexibility index (Phi) is 7.08. The summed E-state index contributed by atoms with van der Waals surface area (Å²) in [6, 6.07) is 11.0. The minimum absolute atomic E-state index is 0.0366. The van der Waals surface area contributed by atoms with Crippen LogP contribution in [-0.4, -0.2) is 67.8 Å². The van der Waals surface area contributed by atoms with Gasteiger partial charge in [0.15, 0.2) is 0 Å². The second kappa shape index (κ2) is 10.0. The molecular weight excluding hydrogens is 470 g/mol. The van der Waals surface area contributed by atoms with Crippen molar-refractivity contribution in [2.75, 3.05) is 42.5 Å². The number of hydrogen-bond acceptors (Lipinski definition) is 7. The summed E-state index contributed by atoms with van der Waals surface area (Å²) >= 11 is 0. The van der Waals surface area contributed by atoms with E-state index in [0.717, 1.165) is 54.2 Å². The van der Waals surface area contributed by atoms with Gasteiger partial charge in [-0.1, -0.05) is 6.92 Å². The van der Waals surface area contributed by atoms with E-state index >= 15 is 0 Å². The van der Waals surface area contributed by atoms with Crippen LogP contribution >= 0.6 is 0 Å². The maximum atomic E-state index is 13.7. The molecule has 10 nitrogen and oxygen atoms in total. The number of nitrogens with zero attached hydrogens (tertiary/aromatic N) is 4. The van der Waals surface area contributed by atoms with Crippen molar-refractivity contribution in [3.05, 3.63) is 47.7 Å². The smallest absolute Gasteiger partial charge is 0.290 e. The first-order chi connectivity index (χ1) is 16.8. The van der Waals surface area contributed by atoms with Gasteiger partial charge >= 0.3 is 0 Å². The van der Waals surface area contributed by atoms with Gasteiger partial charge in [-0.3, -0.25) is 9.59 Å². The van der Waals surface area contributed by atoms with E-state index in [4.69, 9.17) is 9.90 Å². The molecule has 2 aliphatic heterocycles. The summed E-state index contributed by atoms with van der Waals surface area (Å²) in [4.78, 5) is 24.3. The molecule has 0 saturated carbocycles. The fraction of sp³-hybridized carbons (Fsp3) is 0.375. The van der Waals surface area contributed by atoms with E-state index in [1.165, 1.54) is 11.0 Å². The van der Waals surface area contributed by atoms with Crippen molar-refractivity contribution in [1.29, 1.82) is 0 Å². The third kappa shape index (κ3) is 4.61. The summed E-state index contributed by atoms with van der Waals surface area (Å²) in [5, 5.41) is 15.6. The van der Waals surface area contributed by atoms with Gasteiger partial charge < -0.3 is 20.2 Å². The molecule has 0 atom stereocenters. The number of piperazine rings is 1. The number of nitrogens with one attached hydrogen (secondary N) is 1. The molecule has 11 heteroatoms. The fourth-order valence-electron chi connectivity index (χ4n) is 4.67.